The highest BCUT2D eigenvalue weighted by Crippen LogP contribution is 2.22. The quantitative estimate of drug-likeness (QED) is 0.635. The van der Waals surface area contributed by atoms with E-state index in [1.807, 2.05) is 29.8 Å². The van der Waals surface area contributed by atoms with Crippen LogP contribution < -0.4 is 11.3 Å². The molecule has 0 amide bonds. The minimum atomic E-state index is 0.135. The van der Waals surface area contributed by atoms with Gasteiger partial charge in [-0.1, -0.05) is 41.9 Å². The van der Waals surface area contributed by atoms with Crippen LogP contribution in [0.3, 0.4) is 0 Å². The Labute approximate surface area is 124 Å². The van der Waals surface area contributed by atoms with Crippen molar-refractivity contribution in [3.05, 3.63) is 52.3 Å². The largest absolute Gasteiger partial charge is 0.271 e. The molecule has 1 atom stereocenters. The molecule has 0 aliphatic rings. The maximum atomic E-state index is 6.34. The zero-order chi connectivity index (χ0) is 14.5. The predicted octanol–water partition coefficient (Wildman–Crippen LogP) is 2.48. The van der Waals surface area contributed by atoms with Crippen LogP contribution in [0.4, 0.5) is 0 Å². The topological polar surface area (TPSA) is 55.9 Å². The number of hydrogen-bond acceptors (Lipinski definition) is 3. The van der Waals surface area contributed by atoms with Crippen LogP contribution in [0.15, 0.2) is 30.3 Å². The molecular weight excluding hydrogens is 272 g/mol. The predicted molar refractivity (Wildman–Crippen MR) is 82.6 cm³/mol. The van der Waals surface area contributed by atoms with Crippen molar-refractivity contribution in [2.75, 3.05) is 0 Å². The van der Waals surface area contributed by atoms with Gasteiger partial charge in [-0.3, -0.25) is 16.0 Å². The third-order valence-corrected chi connectivity index (χ3v) is 3.94. The van der Waals surface area contributed by atoms with E-state index in [1.54, 1.807) is 0 Å². The molecule has 1 aromatic heterocycles. The molecule has 2 aromatic rings. The molecule has 1 unspecified atom stereocenters. The standard InChI is InChI=1S/C15H21ClN4/c1-3-20-14(15(16)11(2)19-20)10-13(18-17)9-12-7-5-4-6-8-12/h4-8,13,18H,3,9-10,17H2,1-2H3. The summed E-state index contributed by atoms with van der Waals surface area (Å²) in [6.07, 6.45) is 1.63. The Morgan fingerprint density at radius 3 is 2.60 bits per heavy atom. The van der Waals surface area contributed by atoms with E-state index >= 15 is 0 Å². The van der Waals surface area contributed by atoms with Crippen molar-refractivity contribution in [2.24, 2.45) is 5.84 Å². The summed E-state index contributed by atoms with van der Waals surface area (Å²) in [6.45, 7) is 4.81. The summed E-state index contributed by atoms with van der Waals surface area (Å²) in [6, 6.07) is 10.4. The first-order valence-electron chi connectivity index (χ1n) is 6.87. The molecule has 3 N–H and O–H groups in total. The number of hydrazine groups is 1. The van der Waals surface area contributed by atoms with Crippen molar-refractivity contribution in [3.8, 4) is 0 Å². The first-order valence-corrected chi connectivity index (χ1v) is 7.25. The number of nitrogens with one attached hydrogen (secondary N) is 1. The minimum Gasteiger partial charge on any atom is -0.271 e. The molecule has 2 rings (SSSR count). The van der Waals surface area contributed by atoms with Crippen molar-refractivity contribution in [2.45, 2.75) is 39.3 Å². The van der Waals surface area contributed by atoms with Crippen LogP contribution in [-0.2, 0) is 19.4 Å². The number of aromatic nitrogens is 2. The molecule has 108 valence electrons. The highest BCUT2D eigenvalue weighted by molar-refractivity contribution is 6.31. The van der Waals surface area contributed by atoms with Gasteiger partial charge in [-0.05, 0) is 25.8 Å². The maximum absolute atomic E-state index is 6.34. The van der Waals surface area contributed by atoms with E-state index < -0.39 is 0 Å². The van der Waals surface area contributed by atoms with Crippen LogP contribution in [-0.4, -0.2) is 15.8 Å². The molecule has 0 aliphatic heterocycles. The molecule has 0 bridgehead atoms. The van der Waals surface area contributed by atoms with Crippen LogP contribution in [0.5, 0.6) is 0 Å². The van der Waals surface area contributed by atoms with E-state index in [0.717, 1.165) is 35.8 Å². The van der Waals surface area contributed by atoms with E-state index in [4.69, 9.17) is 17.4 Å². The smallest absolute Gasteiger partial charge is 0.0847 e. The normalized spacial score (nSPS) is 12.6. The molecule has 0 fully saturated rings. The Morgan fingerprint density at radius 2 is 2.00 bits per heavy atom. The molecule has 0 aliphatic carbocycles. The fraction of sp³-hybridized carbons (Fsp3) is 0.400. The number of aryl methyl sites for hydroxylation is 2. The average molecular weight is 293 g/mol. The number of nitrogens with two attached hydrogens (primary N) is 1. The first-order chi connectivity index (χ1) is 9.65. The highest BCUT2D eigenvalue weighted by Gasteiger charge is 2.17. The SMILES string of the molecule is CCn1nc(C)c(Cl)c1CC(Cc1ccccc1)NN. The van der Waals surface area contributed by atoms with Crippen LogP contribution in [0.1, 0.15) is 23.9 Å². The lowest BCUT2D eigenvalue weighted by Gasteiger charge is -2.17. The van der Waals surface area contributed by atoms with Gasteiger partial charge in [-0.25, -0.2) is 0 Å². The van der Waals surface area contributed by atoms with Crippen molar-refractivity contribution >= 4 is 11.6 Å². The van der Waals surface area contributed by atoms with Gasteiger partial charge >= 0.3 is 0 Å². The third-order valence-electron chi connectivity index (χ3n) is 3.45. The third kappa shape index (κ3) is 3.39. The van der Waals surface area contributed by atoms with E-state index in [0.29, 0.717) is 0 Å². The van der Waals surface area contributed by atoms with E-state index in [-0.39, 0.29) is 6.04 Å². The molecule has 5 heteroatoms. The number of rotatable bonds is 6. The lowest BCUT2D eigenvalue weighted by Crippen LogP contribution is -2.39. The Morgan fingerprint density at radius 1 is 1.30 bits per heavy atom. The highest BCUT2D eigenvalue weighted by atomic mass is 35.5. The van der Waals surface area contributed by atoms with Crippen LogP contribution in [0.25, 0.3) is 0 Å². The number of hydrogen-bond donors (Lipinski definition) is 2. The molecule has 0 spiro atoms. The van der Waals surface area contributed by atoms with Gasteiger partial charge in [-0.15, -0.1) is 0 Å². The lowest BCUT2D eigenvalue weighted by atomic mass is 10.0. The molecule has 0 saturated carbocycles. The van der Waals surface area contributed by atoms with Crippen molar-refractivity contribution < 1.29 is 0 Å². The lowest BCUT2D eigenvalue weighted by molar-refractivity contribution is 0.496. The van der Waals surface area contributed by atoms with Gasteiger partial charge < -0.3 is 0 Å². The zero-order valence-corrected chi connectivity index (χ0v) is 12.7. The van der Waals surface area contributed by atoms with Crippen LogP contribution in [0.2, 0.25) is 5.02 Å². The van der Waals surface area contributed by atoms with Crippen LogP contribution in [0, 0.1) is 6.92 Å². The molecule has 20 heavy (non-hydrogen) atoms. The average Bonchev–Trinajstić information content (AvgIpc) is 2.75. The Kier molecular flexibility index (Phi) is 5.17. The molecule has 0 saturated heterocycles. The fourth-order valence-electron chi connectivity index (χ4n) is 2.39. The van der Waals surface area contributed by atoms with E-state index in [1.165, 1.54) is 5.56 Å². The van der Waals surface area contributed by atoms with Gasteiger partial charge in [0, 0.05) is 19.0 Å². The van der Waals surface area contributed by atoms with Crippen molar-refractivity contribution in [1.29, 1.82) is 0 Å². The Hall–Kier alpha value is -1.36. The number of halogens is 1. The van der Waals surface area contributed by atoms with Gasteiger partial charge in [0.05, 0.1) is 16.4 Å². The fourth-order valence-corrected chi connectivity index (χ4v) is 2.60. The summed E-state index contributed by atoms with van der Waals surface area (Å²) in [4.78, 5) is 0. The molecule has 1 aromatic carbocycles. The first kappa shape index (κ1) is 15.0. The summed E-state index contributed by atoms with van der Waals surface area (Å²) in [5.74, 6) is 5.69. The zero-order valence-electron chi connectivity index (χ0n) is 11.9. The number of nitrogens with zero attached hydrogens (tertiary/aromatic N) is 2. The Bertz CT molecular complexity index is 551. The number of benzene rings is 1. The molecular formula is C15H21ClN4. The van der Waals surface area contributed by atoms with Gasteiger partial charge in [-0.2, -0.15) is 5.10 Å². The second-order valence-electron chi connectivity index (χ2n) is 4.92. The van der Waals surface area contributed by atoms with Gasteiger partial charge in [0.25, 0.3) is 0 Å². The summed E-state index contributed by atoms with van der Waals surface area (Å²) < 4.78 is 1.95. The minimum absolute atomic E-state index is 0.135. The maximum Gasteiger partial charge on any atom is 0.0847 e. The summed E-state index contributed by atoms with van der Waals surface area (Å²) >= 11 is 6.34. The molecule has 1 heterocycles. The summed E-state index contributed by atoms with van der Waals surface area (Å²) in [5.41, 5.74) is 6.06. The second-order valence-corrected chi connectivity index (χ2v) is 5.30. The second kappa shape index (κ2) is 6.88. The molecule has 4 nitrogen and oxygen atoms in total. The van der Waals surface area contributed by atoms with E-state index in [9.17, 15) is 0 Å². The van der Waals surface area contributed by atoms with Gasteiger partial charge in [0.1, 0.15) is 0 Å². The molecule has 0 radical (unpaired) electrons. The van der Waals surface area contributed by atoms with Gasteiger partial charge in [0.2, 0.25) is 0 Å². The van der Waals surface area contributed by atoms with Crippen LogP contribution >= 0.6 is 11.6 Å². The van der Waals surface area contributed by atoms with E-state index in [2.05, 4.69) is 29.6 Å². The Balaban J connectivity index is 2.14. The summed E-state index contributed by atoms with van der Waals surface area (Å²) in [5, 5.41) is 5.19. The van der Waals surface area contributed by atoms with Crippen molar-refractivity contribution in [1.82, 2.24) is 15.2 Å². The van der Waals surface area contributed by atoms with Crippen molar-refractivity contribution in [3.63, 3.8) is 0 Å². The van der Waals surface area contributed by atoms with Gasteiger partial charge in [0.15, 0.2) is 0 Å². The monoisotopic (exact) mass is 292 g/mol. The summed E-state index contributed by atoms with van der Waals surface area (Å²) in [7, 11) is 0.